The number of rotatable bonds is 6. The third-order valence-electron chi connectivity index (χ3n) is 3.49. The lowest BCUT2D eigenvalue weighted by atomic mass is 10.3. The number of aromatic nitrogens is 1. The molecule has 1 heterocycles. The van der Waals surface area contributed by atoms with E-state index in [0.29, 0.717) is 23.7 Å². The van der Waals surface area contributed by atoms with E-state index in [1.54, 1.807) is 25.3 Å². The number of halogens is 1. The Hall–Kier alpha value is -2.51. The van der Waals surface area contributed by atoms with Crippen molar-refractivity contribution >= 4 is 27.5 Å². The van der Waals surface area contributed by atoms with Crippen LogP contribution in [0.1, 0.15) is 0 Å². The number of benzene rings is 2. The molecule has 0 radical (unpaired) electrons. The van der Waals surface area contributed by atoms with Gasteiger partial charge in [0.05, 0.1) is 16.8 Å². The highest BCUT2D eigenvalue weighted by Crippen LogP contribution is 2.18. The number of methoxy groups -OCH3 is 1. The minimum Gasteiger partial charge on any atom is -0.484 e. The first-order chi connectivity index (χ1) is 12.2. The first-order valence-corrected chi connectivity index (χ1v) is 8.52. The molecule has 0 aliphatic carbocycles. The molecule has 3 aromatic rings. The number of nitrogens with zero attached hydrogens (tertiary/aromatic N) is 2. The highest BCUT2D eigenvalue weighted by Gasteiger charge is 2.09. The lowest BCUT2D eigenvalue weighted by Gasteiger charge is -2.04. The van der Waals surface area contributed by atoms with Crippen molar-refractivity contribution in [1.82, 2.24) is 4.57 Å². The Labute approximate surface area is 148 Å². The van der Waals surface area contributed by atoms with Crippen LogP contribution in [-0.2, 0) is 16.1 Å². The van der Waals surface area contributed by atoms with Crippen molar-refractivity contribution in [3.05, 3.63) is 59.1 Å². The van der Waals surface area contributed by atoms with Gasteiger partial charge in [0.1, 0.15) is 11.6 Å². The second-order valence-electron chi connectivity index (χ2n) is 5.25. The molecule has 0 saturated carbocycles. The molecule has 130 valence electrons. The maximum absolute atomic E-state index is 13.5. The predicted octanol–water partition coefficient (Wildman–Crippen LogP) is 2.99. The van der Waals surface area contributed by atoms with Gasteiger partial charge in [0.15, 0.2) is 11.4 Å². The van der Waals surface area contributed by atoms with Gasteiger partial charge in [-0.1, -0.05) is 29.5 Å². The minimum absolute atomic E-state index is 0.156. The molecule has 7 heteroatoms. The smallest absolute Gasteiger partial charge is 0.286 e. The molecule has 0 atom stereocenters. The predicted molar refractivity (Wildman–Crippen MR) is 94.2 cm³/mol. The van der Waals surface area contributed by atoms with Crippen LogP contribution in [0.5, 0.6) is 5.75 Å². The van der Waals surface area contributed by atoms with E-state index in [9.17, 15) is 9.18 Å². The maximum atomic E-state index is 13.5. The summed E-state index contributed by atoms with van der Waals surface area (Å²) in [6, 6.07) is 13.6. The lowest BCUT2D eigenvalue weighted by molar-refractivity contribution is -0.120. The zero-order valence-corrected chi connectivity index (χ0v) is 14.5. The quantitative estimate of drug-likeness (QED) is 0.679. The van der Waals surface area contributed by atoms with Gasteiger partial charge in [-0.3, -0.25) is 4.79 Å². The Kier molecular flexibility index (Phi) is 5.57. The average molecular weight is 360 g/mol. The fourth-order valence-corrected chi connectivity index (χ4v) is 3.43. The molecule has 0 unspecified atom stereocenters. The van der Waals surface area contributed by atoms with Crippen molar-refractivity contribution in [2.45, 2.75) is 6.54 Å². The molecule has 3 rings (SSSR count). The SMILES string of the molecule is COCCn1c(=NC(=O)COc2ccccc2)sc2cc(F)ccc21. The molecule has 1 amide bonds. The van der Waals surface area contributed by atoms with Crippen molar-refractivity contribution in [2.75, 3.05) is 20.3 Å². The van der Waals surface area contributed by atoms with Crippen LogP contribution in [0.25, 0.3) is 10.2 Å². The van der Waals surface area contributed by atoms with Gasteiger partial charge in [0.25, 0.3) is 5.91 Å². The van der Waals surface area contributed by atoms with E-state index >= 15 is 0 Å². The number of hydrogen-bond donors (Lipinski definition) is 0. The second kappa shape index (κ2) is 8.04. The average Bonchev–Trinajstić information content (AvgIpc) is 2.95. The van der Waals surface area contributed by atoms with E-state index in [1.165, 1.54) is 23.5 Å². The summed E-state index contributed by atoms with van der Waals surface area (Å²) in [6.45, 7) is 0.829. The summed E-state index contributed by atoms with van der Waals surface area (Å²) in [5, 5.41) is 0. The van der Waals surface area contributed by atoms with E-state index < -0.39 is 5.91 Å². The number of ether oxygens (including phenoxy) is 2. The molecule has 0 bridgehead atoms. The number of para-hydroxylation sites is 1. The third kappa shape index (κ3) is 4.32. The zero-order valence-electron chi connectivity index (χ0n) is 13.6. The van der Waals surface area contributed by atoms with Gasteiger partial charge in [-0.05, 0) is 30.3 Å². The Morgan fingerprint density at radius 3 is 2.80 bits per heavy atom. The number of fused-ring (bicyclic) bond motifs is 1. The van der Waals surface area contributed by atoms with E-state index in [0.717, 1.165) is 10.2 Å². The van der Waals surface area contributed by atoms with Crippen molar-refractivity contribution < 1.29 is 18.7 Å². The summed E-state index contributed by atoms with van der Waals surface area (Å²) < 4.78 is 26.6. The highest BCUT2D eigenvalue weighted by atomic mass is 32.1. The Morgan fingerprint density at radius 2 is 2.04 bits per heavy atom. The number of amides is 1. The van der Waals surface area contributed by atoms with Crippen molar-refractivity contribution in [2.24, 2.45) is 4.99 Å². The Morgan fingerprint density at radius 1 is 1.24 bits per heavy atom. The maximum Gasteiger partial charge on any atom is 0.286 e. The summed E-state index contributed by atoms with van der Waals surface area (Å²) in [4.78, 5) is 16.8. The molecule has 25 heavy (non-hydrogen) atoms. The molecule has 2 aromatic carbocycles. The largest absolute Gasteiger partial charge is 0.484 e. The highest BCUT2D eigenvalue weighted by molar-refractivity contribution is 7.16. The second-order valence-corrected chi connectivity index (χ2v) is 6.26. The monoisotopic (exact) mass is 360 g/mol. The minimum atomic E-state index is -0.401. The van der Waals surface area contributed by atoms with Gasteiger partial charge in [-0.15, -0.1) is 0 Å². The number of carbonyl (C=O) groups excluding carboxylic acids is 1. The molecule has 0 saturated heterocycles. The van der Waals surface area contributed by atoms with Crippen LogP contribution >= 0.6 is 11.3 Å². The van der Waals surface area contributed by atoms with Gasteiger partial charge in [-0.25, -0.2) is 4.39 Å². The summed E-state index contributed by atoms with van der Waals surface area (Å²) in [5.74, 6) is -0.114. The normalized spacial score (nSPS) is 11.8. The van der Waals surface area contributed by atoms with E-state index in [2.05, 4.69) is 4.99 Å². The molecule has 5 nitrogen and oxygen atoms in total. The zero-order chi connectivity index (χ0) is 17.6. The molecular formula is C18H17FN2O3S. The van der Waals surface area contributed by atoms with Gasteiger partial charge in [0, 0.05) is 13.7 Å². The van der Waals surface area contributed by atoms with Crippen LogP contribution < -0.4 is 9.54 Å². The molecule has 0 aliphatic rings. The van der Waals surface area contributed by atoms with Gasteiger partial charge in [-0.2, -0.15) is 4.99 Å². The number of carbonyl (C=O) groups is 1. The fraction of sp³-hybridized carbons (Fsp3) is 0.222. The van der Waals surface area contributed by atoms with Crippen LogP contribution in [0, 0.1) is 5.82 Å². The van der Waals surface area contributed by atoms with Gasteiger partial charge < -0.3 is 14.0 Å². The molecule has 0 fully saturated rings. The van der Waals surface area contributed by atoms with Gasteiger partial charge in [0.2, 0.25) is 0 Å². The van der Waals surface area contributed by atoms with Crippen LogP contribution in [0.4, 0.5) is 4.39 Å². The van der Waals surface area contributed by atoms with E-state index in [1.807, 2.05) is 22.8 Å². The van der Waals surface area contributed by atoms with E-state index in [4.69, 9.17) is 9.47 Å². The summed E-state index contributed by atoms with van der Waals surface area (Å²) in [7, 11) is 1.60. The molecule has 0 aliphatic heterocycles. The third-order valence-corrected chi connectivity index (χ3v) is 4.53. The van der Waals surface area contributed by atoms with Crippen LogP contribution in [0.15, 0.2) is 53.5 Å². The molecular weight excluding hydrogens is 343 g/mol. The van der Waals surface area contributed by atoms with Crippen LogP contribution in [0.2, 0.25) is 0 Å². The molecule has 0 spiro atoms. The van der Waals surface area contributed by atoms with Crippen LogP contribution in [-0.4, -0.2) is 30.8 Å². The Bertz CT molecular complexity index is 934. The van der Waals surface area contributed by atoms with Crippen molar-refractivity contribution in [1.29, 1.82) is 0 Å². The first kappa shape index (κ1) is 17.3. The number of thiazole rings is 1. The van der Waals surface area contributed by atoms with Gasteiger partial charge >= 0.3 is 0 Å². The molecule has 1 aromatic heterocycles. The van der Waals surface area contributed by atoms with Crippen molar-refractivity contribution in [3.8, 4) is 5.75 Å². The van der Waals surface area contributed by atoms with Crippen LogP contribution in [0.3, 0.4) is 0 Å². The standard InChI is InChI=1S/C18H17FN2O3S/c1-23-10-9-21-15-8-7-13(19)11-16(15)25-18(21)20-17(22)12-24-14-5-3-2-4-6-14/h2-8,11H,9-10,12H2,1H3. The van der Waals surface area contributed by atoms with E-state index in [-0.39, 0.29) is 12.4 Å². The molecule has 0 N–H and O–H groups in total. The lowest BCUT2D eigenvalue weighted by Crippen LogP contribution is -2.21. The Balaban J connectivity index is 1.87. The summed E-state index contributed by atoms with van der Waals surface area (Å²) in [5.41, 5.74) is 0.818. The van der Waals surface area contributed by atoms with Crippen molar-refractivity contribution in [3.63, 3.8) is 0 Å². The number of hydrogen-bond acceptors (Lipinski definition) is 4. The summed E-state index contributed by atoms with van der Waals surface area (Å²) >= 11 is 1.26. The first-order valence-electron chi connectivity index (χ1n) is 7.70. The fourth-order valence-electron chi connectivity index (χ4n) is 2.33. The summed E-state index contributed by atoms with van der Waals surface area (Å²) in [6.07, 6.45) is 0. The topological polar surface area (TPSA) is 52.8 Å².